The van der Waals surface area contributed by atoms with Crippen LogP contribution in [0.2, 0.25) is 0 Å². The van der Waals surface area contributed by atoms with Gasteiger partial charge in [-0.05, 0) is 31.1 Å². The van der Waals surface area contributed by atoms with E-state index in [9.17, 15) is 4.79 Å². The maximum atomic E-state index is 12.5. The van der Waals surface area contributed by atoms with Crippen molar-refractivity contribution in [3.63, 3.8) is 0 Å². The maximum absolute atomic E-state index is 12.5. The maximum Gasteiger partial charge on any atom is 0.251 e. The van der Waals surface area contributed by atoms with Gasteiger partial charge in [-0.15, -0.1) is 0 Å². The average molecular weight is 351 g/mol. The van der Waals surface area contributed by atoms with Crippen molar-refractivity contribution in [2.75, 3.05) is 46.4 Å². The molecule has 3 unspecified atom stereocenters. The van der Waals surface area contributed by atoms with Crippen LogP contribution in [-0.2, 0) is 9.53 Å². The van der Waals surface area contributed by atoms with Crippen LogP contribution in [0, 0.1) is 11.8 Å². The summed E-state index contributed by atoms with van der Waals surface area (Å²) in [6, 6.07) is 0. The van der Waals surface area contributed by atoms with E-state index in [1.165, 1.54) is 25.7 Å². The molecule has 3 atom stereocenters. The van der Waals surface area contributed by atoms with Gasteiger partial charge in [-0.25, -0.2) is 0 Å². The van der Waals surface area contributed by atoms with Crippen LogP contribution in [0.15, 0.2) is 4.99 Å². The summed E-state index contributed by atoms with van der Waals surface area (Å²) in [7, 11) is 1.86. The van der Waals surface area contributed by atoms with Crippen LogP contribution >= 0.6 is 0 Å². The van der Waals surface area contributed by atoms with Crippen LogP contribution in [0.5, 0.6) is 0 Å². The number of rotatable bonds is 3. The van der Waals surface area contributed by atoms with Crippen LogP contribution in [0.1, 0.15) is 45.4 Å². The lowest BCUT2D eigenvalue weighted by atomic mass is 9.80. The number of nitrogens with zero attached hydrogens (tertiary/aromatic N) is 3. The molecule has 0 bridgehead atoms. The molecule has 1 N–H and O–H groups in total. The van der Waals surface area contributed by atoms with E-state index in [2.05, 4.69) is 22.1 Å². The van der Waals surface area contributed by atoms with E-state index in [0.717, 1.165) is 70.0 Å². The molecule has 3 fully saturated rings. The van der Waals surface area contributed by atoms with Crippen LogP contribution < -0.4 is 5.32 Å². The molecular weight excluding hydrogens is 316 g/mol. The normalized spacial score (nSPS) is 31.3. The number of guanidine groups is 1. The number of hydrogen-bond donors (Lipinski definition) is 1. The Morgan fingerprint density at radius 3 is 2.44 bits per heavy atom. The second kappa shape index (κ2) is 8.88. The van der Waals surface area contributed by atoms with Crippen molar-refractivity contribution in [1.82, 2.24) is 15.1 Å². The highest BCUT2D eigenvalue weighted by Gasteiger charge is 2.31. The van der Waals surface area contributed by atoms with E-state index in [1.54, 1.807) is 0 Å². The van der Waals surface area contributed by atoms with Crippen LogP contribution in [0.25, 0.3) is 0 Å². The SMILES string of the molecule is CN=C(NCC1CCCCC1C)N1CCN(C(=O)C2CCCO2)CC1. The van der Waals surface area contributed by atoms with Crippen molar-refractivity contribution in [1.29, 1.82) is 0 Å². The van der Waals surface area contributed by atoms with Gasteiger partial charge in [0.05, 0.1) is 0 Å². The molecule has 0 aromatic heterocycles. The fourth-order valence-electron chi connectivity index (χ4n) is 4.37. The van der Waals surface area contributed by atoms with E-state index in [0.29, 0.717) is 0 Å². The highest BCUT2D eigenvalue weighted by atomic mass is 16.5. The number of hydrogen-bond acceptors (Lipinski definition) is 3. The molecule has 0 aromatic carbocycles. The zero-order valence-electron chi connectivity index (χ0n) is 15.9. The second-order valence-corrected chi connectivity index (χ2v) is 7.76. The first-order valence-electron chi connectivity index (χ1n) is 10.0. The van der Waals surface area contributed by atoms with E-state index >= 15 is 0 Å². The zero-order chi connectivity index (χ0) is 17.6. The molecule has 1 amide bonds. The Morgan fingerprint density at radius 1 is 1.08 bits per heavy atom. The first kappa shape index (κ1) is 18.5. The molecule has 0 radical (unpaired) electrons. The number of aliphatic imine (C=N–C) groups is 1. The van der Waals surface area contributed by atoms with Crippen molar-refractivity contribution < 1.29 is 9.53 Å². The van der Waals surface area contributed by atoms with Crippen molar-refractivity contribution in [2.45, 2.75) is 51.6 Å². The summed E-state index contributed by atoms with van der Waals surface area (Å²) >= 11 is 0. The van der Waals surface area contributed by atoms with Crippen molar-refractivity contribution in [3.05, 3.63) is 0 Å². The summed E-state index contributed by atoms with van der Waals surface area (Å²) in [6.45, 7) is 7.34. The third kappa shape index (κ3) is 4.66. The number of carbonyl (C=O) groups excluding carboxylic acids is 1. The smallest absolute Gasteiger partial charge is 0.251 e. The predicted octanol–water partition coefficient (Wildman–Crippen LogP) is 1.71. The third-order valence-electron chi connectivity index (χ3n) is 6.12. The minimum atomic E-state index is -0.197. The lowest BCUT2D eigenvalue weighted by Crippen LogP contribution is -2.55. The van der Waals surface area contributed by atoms with Gasteiger partial charge in [0, 0.05) is 46.4 Å². The number of piperazine rings is 1. The monoisotopic (exact) mass is 350 g/mol. The fourth-order valence-corrected chi connectivity index (χ4v) is 4.37. The minimum absolute atomic E-state index is 0.177. The van der Waals surface area contributed by atoms with E-state index < -0.39 is 0 Å². The van der Waals surface area contributed by atoms with E-state index in [-0.39, 0.29) is 12.0 Å². The molecule has 6 heteroatoms. The molecule has 3 rings (SSSR count). The predicted molar refractivity (Wildman–Crippen MR) is 99.6 cm³/mol. The molecule has 2 saturated heterocycles. The van der Waals surface area contributed by atoms with Crippen molar-refractivity contribution in [3.8, 4) is 0 Å². The van der Waals surface area contributed by atoms with Gasteiger partial charge in [0.1, 0.15) is 6.10 Å². The molecule has 3 aliphatic rings. The molecule has 2 aliphatic heterocycles. The highest BCUT2D eigenvalue weighted by Crippen LogP contribution is 2.28. The number of nitrogens with one attached hydrogen (secondary N) is 1. The summed E-state index contributed by atoms with van der Waals surface area (Å²) in [4.78, 5) is 21.2. The van der Waals surface area contributed by atoms with Gasteiger partial charge in [-0.1, -0.05) is 26.2 Å². The number of ether oxygens (including phenoxy) is 1. The Kier molecular flexibility index (Phi) is 6.57. The Morgan fingerprint density at radius 2 is 1.80 bits per heavy atom. The minimum Gasteiger partial charge on any atom is -0.368 e. The van der Waals surface area contributed by atoms with Gasteiger partial charge in [0.2, 0.25) is 0 Å². The molecule has 1 saturated carbocycles. The molecule has 0 spiro atoms. The van der Waals surface area contributed by atoms with Gasteiger partial charge < -0.3 is 19.9 Å². The Hall–Kier alpha value is -1.30. The molecule has 1 aliphatic carbocycles. The summed E-state index contributed by atoms with van der Waals surface area (Å²) in [5, 5.41) is 3.59. The quantitative estimate of drug-likeness (QED) is 0.622. The molecular formula is C19H34N4O2. The summed E-state index contributed by atoms with van der Waals surface area (Å²) in [5.41, 5.74) is 0. The van der Waals surface area contributed by atoms with Crippen molar-refractivity contribution >= 4 is 11.9 Å². The lowest BCUT2D eigenvalue weighted by molar-refractivity contribution is -0.142. The number of carbonyl (C=O) groups is 1. The van der Waals surface area contributed by atoms with Gasteiger partial charge in [0.15, 0.2) is 5.96 Å². The Labute approximate surface area is 152 Å². The second-order valence-electron chi connectivity index (χ2n) is 7.76. The molecule has 142 valence electrons. The van der Waals surface area contributed by atoms with Gasteiger partial charge in [-0.3, -0.25) is 9.79 Å². The van der Waals surface area contributed by atoms with Crippen LogP contribution in [0.3, 0.4) is 0 Å². The lowest BCUT2D eigenvalue weighted by Gasteiger charge is -2.38. The first-order chi connectivity index (χ1) is 12.2. The Balaban J connectivity index is 1.44. The van der Waals surface area contributed by atoms with Crippen molar-refractivity contribution in [2.24, 2.45) is 16.8 Å². The summed E-state index contributed by atoms with van der Waals surface area (Å²) in [6.07, 6.45) is 7.11. The summed E-state index contributed by atoms with van der Waals surface area (Å²) < 4.78 is 5.54. The molecule has 0 aromatic rings. The van der Waals surface area contributed by atoms with Gasteiger partial charge in [0.25, 0.3) is 5.91 Å². The fraction of sp³-hybridized carbons (Fsp3) is 0.895. The van der Waals surface area contributed by atoms with Crippen LogP contribution in [0.4, 0.5) is 0 Å². The first-order valence-corrected chi connectivity index (χ1v) is 10.0. The van der Waals surface area contributed by atoms with Crippen LogP contribution in [-0.4, -0.2) is 74.1 Å². The van der Waals surface area contributed by atoms with Gasteiger partial charge >= 0.3 is 0 Å². The average Bonchev–Trinajstić information content (AvgIpc) is 3.18. The zero-order valence-corrected chi connectivity index (χ0v) is 15.9. The van der Waals surface area contributed by atoms with Gasteiger partial charge in [-0.2, -0.15) is 0 Å². The van der Waals surface area contributed by atoms with E-state index in [4.69, 9.17) is 4.74 Å². The molecule has 6 nitrogen and oxygen atoms in total. The summed E-state index contributed by atoms with van der Waals surface area (Å²) in [5.74, 6) is 2.73. The number of amides is 1. The molecule has 25 heavy (non-hydrogen) atoms. The third-order valence-corrected chi connectivity index (χ3v) is 6.12. The highest BCUT2D eigenvalue weighted by molar-refractivity contribution is 5.82. The Bertz CT molecular complexity index is 468. The topological polar surface area (TPSA) is 57.2 Å². The standard InChI is InChI=1S/C19H34N4O2/c1-15-6-3-4-7-16(15)14-21-19(20-2)23-11-9-22(10-12-23)18(24)17-8-5-13-25-17/h15-17H,3-14H2,1-2H3,(H,20,21). The molecule has 2 heterocycles. The van der Waals surface area contributed by atoms with E-state index in [1.807, 2.05) is 11.9 Å². The largest absolute Gasteiger partial charge is 0.368 e.